The number of benzene rings is 1. The van der Waals surface area contributed by atoms with E-state index in [0.29, 0.717) is 0 Å². The van der Waals surface area contributed by atoms with Gasteiger partial charge in [0.2, 0.25) is 0 Å². The van der Waals surface area contributed by atoms with Crippen molar-refractivity contribution < 1.29 is 10.4 Å². The number of hydrogen-bond acceptors (Lipinski definition) is 2. The van der Waals surface area contributed by atoms with Gasteiger partial charge in [0, 0.05) is 23.9 Å². The molecule has 0 fully saturated rings. The van der Waals surface area contributed by atoms with Gasteiger partial charge in [-0.25, -0.2) is 4.98 Å². The molecule has 0 aliphatic heterocycles. The predicted molar refractivity (Wildman–Crippen MR) is 65.2 cm³/mol. The molecule has 90 valence electrons. The quantitative estimate of drug-likeness (QED) is 0.660. The van der Waals surface area contributed by atoms with E-state index in [1.165, 1.54) is 5.56 Å². The molecule has 4 heteroatoms. The highest BCUT2D eigenvalue weighted by atomic mass is 16.3. The Kier molecular flexibility index (Phi) is 4.30. The largest absolute Gasteiger partial charge is 0.390 e. The lowest BCUT2D eigenvalue weighted by atomic mass is 10.1. The lowest BCUT2D eigenvalue weighted by Gasteiger charge is -2.12. The number of quaternary nitrogens is 1. The minimum Gasteiger partial charge on any atom is -0.390 e. The topological polar surface area (TPSA) is 65.5 Å². The van der Waals surface area contributed by atoms with E-state index in [-0.39, 0.29) is 12.6 Å². The minimum absolute atomic E-state index is 0.172. The predicted octanol–water partition coefficient (Wildman–Crippen LogP) is 0.0767. The Bertz CT molecular complexity index is 413. The SMILES string of the molecule is OCC(Cc1cnc[nH]1)[NH2+]Cc1ccccc1. The Hall–Kier alpha value is -1.65. The van der Waals surface area contributed by atoms with Crippen LogP contribution < -0.4 is 5.32 Å². The number of aliphatic hydroxyl groups excluding tert-OH is 1. The van der Waals surface area contributed by atoms with Crippen LogP contribution in [0.4, 0.5) is 0 Å². The first-order valence-corrected chi connectivity index (χ1v) is 5.84. The normalized spacial score (nSPS) is 12.5. The van der Waals surface area contributed by atoms with Crippen LogP contribution in [0.3, 0.4) is 0 Å². The lowest BCUT2D eigenvalue weighted by Crippen LogP contribution is -2.90. The van der Waals surface area contributed by atoms with E-state index < -0.39 is 0 Å². The number of nitrogens with one attached hydrogen (secondary N) is 1. The van der Waals surface area contributed by atoms with Crippen LogP contribution in [-0.2, 0) is 13.0 Å². The molecule has 1 heterocycles. The van der Waals surface area contributed by atoms with Gasteiger partial charge in [0.25, 0.3) is 0 Å². The number of imidazole rings is 1. The van der Waals surface area contributed by atoms with Gasteiger partial charge in [-0.3, -0.25) is 0 Å². The monoisotopic (exact) mass is 232 g/mol. The molecule has 2 aromatic rings. The van der Waals surface area contributed by atoms with Crippen LogP contribution in [0.5, 0.6) is 0 Å². The van der Waals surface area contributed by atoms with Crippen molar-refractivity contribution in [2.75, 3.05) is 6.61 Å². The number of nitrogens with two attached hydrogens (primary N) is 1. The summed E-state index contributed by atoms with van der Waals surface area (Å²) in [4.78, 5) is 7.03. The lowest BCUT2D eigenvalue weighted by molar-refractivity contribution is -0.705. The van der Waals surface area contributed by atoms with Gasteiger partial charge in [-0.2, -0.15) is 0 Å². The van der Waals surface area contributed by atoms with E-state index in [4.69, 9.17) is 0 Å². The Balaban J connectivity index is 1.84. The first-order chi connectivity index (χ1) is 8.38. The van der Waals surface area contributed by atoms with Gasteiger partial charge in [0.1, 0.15) is 12.6 Å². The van der Waals surface area contributed by atoms with E-state index in [9.17, 15) is 5.11 Å². The average Bonchev–Trinajstić information content (AvgIpc) is 2.88. The molecule has 1 aromatic carbocycles. The molecular weight excluding hydrogens is 214 g/mol. The van der Waals surface area contributed by atoms with E-state index in [2.05, 4.69) is 27.4 Å². The second-order valence-electron chi connectivity index (χ2n) is 4.15. The van der Waals surface area contributed by atoms with Crippen LogP contribution in [-0.4, -0.2) is 27.7 Å². The fourth-order valence-electron chi connectivity index (χ4n) is 1.82. The average molecular weight is 232 g/mol. The number of aliphatic hydroxyl groups is 1. The number of aromatic amines is 1. The molecule has 2 rings (SSSR count). The molecule has 0 aliphatic carbocycles. The Labute approximate surface area is 101 Å². The summed E-state index contributed by atoms with van der Waals surface area (Å²) in [5, 5.41) is 11.5. The summed E-state index contributed by atoms with van der Waals surface area (Å²) in [6.07, 6.45) is 4.28. The van der Waals surface area contributed by atoms with Crippen molar-refractivity contribution in [3.05, 3.63) is 54.1 Å². The van der Waals surface area contributed by atoms with E-state index >= 15 is 0 Å². The van der Waals surface area contributed by atoms with Crippen molar-refractivity contribution in [2.45, 2.75) is 19.0 Å². The maximum absolute atomic E-state index is 9.34. The number of rotatable bonds is 6. The molecule has 0 bridgehead atoms. The summed E-state index contributed by atoms with van der Waals surface area (Å²) in [6.45, 7) is 1.06. The molecule has 0 amide bonds. The van der Waals surface area contributed by atoms with E-state index in [1.54, 1.807) is 12.5 Å². The van der Waals surface area contributed by atoms with Crippen molar-refractivity contribution in [1.82, 2.24) is 9.97 Å². The summed E-state index contributed by atoms with van der Waals surface area (Å²) in [5.74, 6) is 0. The number of aromatic nitrogens is 2. The first-order valence-electron chi connectivity index (χ1n) is 5.84. The molecule has 1 unspecified atom stereocenters. The van der Waals surface area contributed by atoms with Crippen molar-refractivity contribution in [3.8, 4) is 0 Å². The summed E-state index contributed by atoms with van der Waals surface area (Å²) < 4.78 is 0. The molecule has 4 nitrogen and oxygen atoms in total. The molecule has 0 radical (unpaired) electrons. The zero-order valence-electron chi connectivity index (χ0n) is 9.71. The molecule has 0 saturated carbocycles. The van der Waals surface area contributed by atoms with Crippen molar-refractivity contribution in [2.24, 2.45) is 0 Å². The smallest absolute Gasteiger partial charge is 0.115 e. The third kappa shape index (κ3) is 3.69. The zero-order chi connectivity index (χ0) is 11.9. The third-order valence-corrected chi connectivity index (χ3v) is 2.80. The Morgan fingerprint density at radius 2 is 2.12 bits per heavy atom. The number of hydrogen-bond donors (Lipinski definition) is 3. The molecule has 1 atom stereocenters. The van der Waals surface area contributed by atoms with Gasteiger partial charge < -0.3 is 15.4 Å². The van der Waals surface area contributed by atoms with Gasteiger partial charge in [0.15, 0.2) is 0 Å². The van der Waals surface area contributed by atoms with Crippen molar-refractivity contribution in [3.63, 3.8) is 0 Å². The molecule has 4 N–H and O–H groups in total. The van der Waals surface area contributed by atoms with Gasteiger partial charge in [0.05, 0.1) is 12.9 Å². The van der Waals surface area contributed by atoms with Crippen molar-refractivity contribution >= 4 is 0 Å². The molecule has 0 saturated heterocycles. The minimum atomic E-state index is 0.172. The molecule has 0 aliphatic rings. The summed E-state index contributed by atoms with van der Waals surface area (Å²) in [7, 11) is 0. The molecule has 1 aromatic heterocycles. The van der Waals surface area contributed by atoms with Crippen LogP contribution in [0.25, 0.3) is 0 Å². The second kappa shape index (κ2) is 6.18. The van der Waals surface area contributed by atoms with E-state index in [0.717, 1.165) is 18.7 Å². The highest BCUT2D eigenvalue weighted by Crippen LogP contribution is 1.97. The van der Waals surface area contributed by atoms with E-state index in [1.807, 2.05) is 18.2 Å². The maximum Gasteiger partial charge on any atom is 0.115 e. The van der Waals surface area contributed by atoms with Gasteiger partial charge in [-0.15, -0.1) is 0 Å². The van der Waals surface area contributed by atoms with Gasteiger partial charge in [-0.05, 0) is 0 Å². The van der Waals surface area contributed by atoms with Gasteiger partial charge >= 0.3 is 0 Å². The second-order valence-corrected chi connectivity index (χ2v) is 4.15. The summed E-state index contributed by atoms with van der Waals surface area (Å²) in [5.41, 5.74) is 2.34. The fourth-order valence-corrected chi connectivity index (χ4v) is 1.82. The third-order valence-electron chi connectivity index (χ3n) is 2.80. The zero-order valence-corrected chi connectivity index (χ0v) is 9.71. The molecular formula is C13H18N3O+. The molecule has 17 heavy (non-hydrogen) atoms. The highest BCUT2D eigenvalue weighted by Gasteiger charge is 2.12. The Morgan fingerprint density at radius 1 is 1.29 bits per heavy atom. The number of nitrogens with zero attached hydrogens (tertiary/aromatic N) is 1. The fraction of sp³-hybridized carbons (Fsp3) is 0.308. The first kappa shape index (κ1) is 11.8. The van der Waals surface area contributed by atoms with Crippen LogP contribution in [0.15, 0.2) is 42.9 Å². The molecule has 0 spiro atoms. The summed E-state index contributed by atoms with van der Waals surface area (Å²) >= 11 is 0. The van der Waals surface area contributed by atoms with Crippen molar-refractivity contribution in [1.29, 1.82) is 0 Å². The Morgan fingerprint density at radius 3 is 2.76 bits per heavy atom. The van der Waals surface area contributed by atoms with Crippen LogP contribution in [0, 0.1) is 0 Å². The van der Waals surface area contributed by atoms with Crippen LogP contribution >= 0.6 is 0 Å². The highest BCUT2D eigenvalue weighted by molar-refractivity contribution is 5.13. The number of H-pyrrole nitrogens is 1. The van der Waals surface area contributed by atoms with Crippen LogP contribution in [0.1, 0.15) is 11.3 Å². The summed E-state index contributed by atoms with van der Waals surface area (Å²) in [6, 6.07) is 10.5. The van der Waals surface area contributed by atoms with Gasteiger partial charge in [-0.1, -0.05) is 30.3 Å². The van der Waals surface area contributed by atoms with Crippen LogP contribution in [0.2, 0.25) is 0 Å². The standard InChI is InChI=1S/C13H17N3O/c17-9-13(6-12-8-14-10-16-12)15-7-11-4-2-1-3-5-11/h1-5,8,10,13,15,17H,6-7,9H2,(H,14,16)/p+1. The maximum atomic E-state index is 9.34.